The van der Waals surface area contributed by atoms with E-state index in [9.17, 15) is 50.6 Å². The summed E-state index contributed by atoms with van der Waals surface area (Å²) in [6.45, 7) is 14.3. The van der Waals surface area contributed by atoms with Crippen LogP contribution in [0.4, 0.5) is 46.5 Å². The second-order valence-electron chi connectivity index (χ2n) is 21.0. The normalized spacial score (nSPS) is 17.4. The molecule has 81 heavy (non-hydrogen) atoms. The van der Waals surface area contributed by atoms with Gasteiger partial charge in [0.1, 0.15) is 23.5 Å². The van der Waals surface area contributed by atoms with E-state index in [4.69, 9.17) is 30.5 Å². The van der Waals surface area contributed by atoms with Crippen molar-refractivity contribution in [2.24, 2.45) is 23.7 Å². The summed E-state index contributed by atoms with van der Waals surface area (Å²) in [6.07, 6.45) is -1.58. The second-order valence-corrected chi connectivity index (χ2v) is 21.2. The fraction of sp³-hybridized carbons (Fsp3) is 0.466. The zero-order valence-corrected chi connectivity index (χ0v) is 46.9. The molecule has 23 heteroatoms. The lowest BCUT2D eigenvalue weighted by molar-refractivity contribution is -0.139. The number of halogens is 9. The number of carbonyl (C=O) groups excluding carboxylic acids is 3. The number of hydrogen-bond acceptors (Lipinski definition) is 11. The van der Waals surface area contributed by atoms with Crippen LogP contribution in [-0.2, 0) is 39.2 Å². The lowest BCUT2D eigenvalue weighted by atomic mass is 9.82. The van der Waals surface area contributed by atoms with Crippen LogP contribution in [0.5, 0.6) is 29.0 Å². The van der Waals surface area contributed by atoms with Crippen molar-refractivity contribution >= 4 is 46.7 Å². The predicted octanol–water partition coefficient (Wildman–Crippen LogP) is 15.0. The van der Waals surface area contributed by atoms with E-state index in [1.165, 1.54) is 9.80 Å². The zero-order valence-electron chi connectivity index (χ0n) is 46.2. The van der Waals surface area contributed by atoms with Crippen molar-refractivity contribution in [2.75, 3.05) is 16.9 Å². The van der Waals surface area contributed by atoms with Crippen molar-refractivity contribution in [1.82, 2.24) is 15.0 Å². The van der Waals surface area contributed by atoms with Crippen LogP contribution in [0.3, 0.4) is 0 Å². The SMILES string of the molecule is COC(=O)c1cc(Oc2ncc(CCl)cc2C(F)(F)F)c(F)cc1N(C(=O)C1CCC(C)CC1)C(C)C.Cc1ccc(OCc2cnc(Oc3cc(C(=O)O)c(N(C(=O)C4CCC(C)CC4)C(C)C)cc3F)c(C(F)(F)F)c2)c(C)n1. The summed E-state index contributed by atoms with van der Waals surface area (Å²) < 4.78 is 135. The van der Waals surface area contributed by atoms with E-state index in [0.29, 0.717) is 49.0 Å². The van der Waals surface area contributed by atoms with Gasteiger partial charge in [0.25, 0.3) is 0 Å². The van der Waals surface area contributed by atoms with E-state index in [0.717, 1.165) is 87.3 Å². The van der Waals surface area contributed by atoms with Gasteiger partial charge in [-0.05, 0) is 135 Å². The maximum absolute atomic E-state index is 15.5. The van der Waals surface area contributed by atoms with Crippen molar-refractivity contribution in [1.29, 1.82) is 0 Å². The third-order valence-corrected chi connectivity index (χ3v) is 14.4. The molecule has 0 spiro atoms. The number of nitrogens with zero attached hydrogens (tertiary/aromatic N) is 5. The van der Waals surface area contributed by atoms with Crippen molar-refractivity contribution in [3.63, 3.8) is 0 Å². The van der Waals surface area contributed by atoms with Crippen LogP contribution in [0.15, 0.2) is 60.9 Å². The van der Waals surface area contributed by atoms with Crippen LogP contribution in [0.1, 0.15) is 147 Å². The monoisotopic (exact) mass is 1160 g/mol. The van der Waals surface area contributed by atoms with Gasteiger partial charge in [-0.3, -0.25) is 14.6 Å². The van der Waals surface area contributed by atoms with Gasteiger partial charge in [0, 0.05) is 77.7 Å². The topological polar surface area (TPSA) is 171 Å². The molecule has 438 valence electrons. The minimum atomic E-state index is -4.94. The number of carbonyl (C=O) groups is 4. The fourth-order valence-electron chi connectivity index (χ4n) is 9.70. The minimum absolute atomic E-state index is 0.0446. The number of methoxy groups -OCH3 is 1. The van der Waals surface area contributed by atoms with Crippen molar-refractivity contribution in [3.8, 4) is 29.0 Å². The van der Waals surface area contributed by atoms with Gasteiger partial charge in [0.15, 0.2) is 23.1 Å². The van der Waals surface area contributed by atoms with E-state index in [2.05, 4.69) is 28.8 Å². The van der Waals surface area contributed by atoms with E-state index in [1.807, 2.05) is 0 Å². The molecule has 2 aromatic carbocycles. The van der Waals surface area contributed by atoms with Gasteiger partial charge in [-0.25, -0.2) is 28.3 Å². The number of ether oxygens (including phenoxy) is 4. The number of rotatable bonds is 16. The van der Waals surface area contributed by atoms with Crippen LogP contribution in [0.25, 0.3) is 0 Å². The van der Waals surface area contributed by atoms with E-state index < -0.39 is 88.0 Å². The highest BCUT2D eigenvalue weighted by molar-refractivity contribution is 6.17. The summed E-state index contributed by atoms with van der Waals surface area (Å²) in [7, 11) is 1.11. The lowest BCUT2D eigenvalue weighted by Crippen LogP contribution is -2.43. The Bertz CT molecular complexity index is 3090. The molecule has 0 unspecified atom stereocenters. The molecule has 0 atom stereocenters. The van der Waals surface area contributed by atoms with Gasteiger partial charge in [-0.15, -0.1) is 11.6 Å². The van der Waals surface area contributed by atoms with Gasteiger partial charge >= 0.3 is 24.3 Å². The highest BCUT2D eigenvalue weighted by Crippen LogP contribution is 2.43. The van der Waals surface area contributed by atoms with Crippen LogP contribution in [0, 0.1) is 49.2 Å². The van der Waals surface area contributed by atoms with Gasteiger partial charge in [-0.2, -0.15) is 26.3 Å². The number of anilines is 2. The molecule has 2 saturated carbocycles. The molecule has 2 fully saturated rings. The third-order valence-electron chi connectivity index (χ3n) is 14.1. The van der Waals surface area contributed by atoms with Crippen LogP contribution in [-0.4, -0.2) is 63.0 Å². The molecular formula is C58H64ClF8N5O9. The van der Waals surface area contributed by atoms with Crippen LogP contribution in [0.2, 0.25) is 0 Å². The number of amides is 2. The first-order valence-corrected chi connectivity index (χ1v) is 26.8. The average Bonchev–Trinajstić information content (AvgIpc) is 3.53. The molecular weight excluding hydrogens is 1100 g/mol. The van der Waals surface area contributed by atoms with E-state index in [1.54, 1.807) is 53.7 Å². The van der Waals surface area contributed by atoms with Gasteiger partial charge in [-0.1, -0.05) is 13.8 Å². The summed E-state index contributed by atoms with van der Waals surface area (Å²) in [6, 6.07) is 7.37. The third kappa shape index (κ3) is 15.7. The Morgan fingerprint density at radius 1 is 0.654 bits per heavy atom. The molecule has 3 aromatic heterocycles. The summed E-state index contributed by atoms with van der Waals surface area (Å²) in [5.74, 6) is -8.02. The lowest BCUT2D eigenvalue weighted by Gasteiger charge is -2.34. The molecule has 2 aliphatic rings. The number of hydrogen-bond donors (Lipinski definition) is 1. The molecule has 3 heterocycles. The Hall–Kier alpha value is -7.10. The Morgan fingerprint density at radius 3 is 1.49 bits per heavy atom. The van der Waals surface area contributed by atoms with E-state index >= 15 is 8.78 Å². The molecule has 0 radical (unpaired) electrons. The molecule has 0 saturated heterocycles. The summed E-state index contributed by atoms with van der Waals surface area (Å²) in [4.78, 5) is 66.2. The van der Waals surface area contributed by atoms with Crippen molar-refractivity contribution < 1.29 is 78.4 Å². The highest BCUT2D eigenvalue weighted by atomic mass is 35.5. The summed E-state index contributed by atoms with van der Waals surface area (Å²) in [5.41, 5.74) is -2.04. The van der Waals surface area contributed by atoms with Crippen LogP contribution >= 0.6 is 11.6 Å². The van der Waals surface area contributed by atoms with Gasteiger partial charge in [0.05, 0.1) is 35.3 Å². The number of aromatic carboxylic acids is 1. The predicted molar refractivity (Wildman–Crippen MR) is 285 cm³/mol. The van der Waals surface area contributed by atoms with E-state index in [-0.39, 0.29) is 64.2 Å². The number of esters is 1. The smallest absolute Gasteiger partial charge is 0.421 e. The molecule has 2 amide bonds. The van der Waals surface area contributed by atoms with Crippen molar-refractivity contribution in [3.05, 3.63) is 117 Å². The first-order chi connectivity index (χ1) is 38.0. The first kappa shape index (κ1) is 63.1. The fourth-order valence-corrected chi connectivity index (χ4v) is 9.85. The minimum Gasteiger partial charge on any atom is -0.487 e. The Labute approximate surface area is 469 Å². The van der Waals surface area contributed by atoms with Gasteiger partial charge < -0.3 is 33.9 Å². The Balaban J connectivity index is 0.000000265. The largest absolute Gasteiger partial charge is 0.487 e. The standard InChI is InChI=1S/C32H35F4N3O5.C26H29ClF4N2O4/c1-17(2)39(30(40)22-9-6-18(3)7-10-22)26-14-25(33)28(13-23(26)31(41)42)44-29-24(32(34,35)36)12-21(15-37-29)16-43-27-11-8-19(4)38-20(27)5;1-14(2)33(24(34)17-7-5-15(3)6-8-17)21-11-20(28)22(10-18(21)25(35)36-4)37-23-19(26(29,30)31)9-16(12-27)13-32-23/h8,11-15,17-18,22H,6-7,9-10,16H2,1-5H3,(H,41,42);9-11,13-15,17H,5-8,12H2,1-4H3. The molecule has 0 aliphatic heterocycles. The molecule has 14 nitrogen and oxygen atoms in total. The molecule has 1 N–H and O–H groups in total. The molecule has 0 bridgehead atoms. The quantitative estimate of drug-likeness (QED) is 0.0564. The molecule has 2 aliphatic carbocycles. The molecule has 5 aromatic rings. The number of aromatic nitrogens is 3. The molecule has 7 rings (SSSR count). The number of carboxylic acid groups (broad SMARTS) is 1. The number of pyridine rings is 3. The average molecular weight is 1160 g/mol. The van der Waals surface area contributed by atoms with Crippen molar-refractivity contribution in [2.45, 2.75) is 144 Å². The Morgan fingerprint density at radius 2 is 1.09 bits per heavy atom. The number of carboxylic acids is 1. The first-order valence-electron chi connectivity index (χ1n) is 26.3. The highest BCUT2D eigenvalue weighted by Gasteiger charge is 2.40. The Kier molecular flexibility index (Phi) is 20.8. The maximum atomic E-state index is 15.5. The second kappa shape index (κ2) is 26.7. The zero-order chi connectivity index (χ0) is 59.8. The van der Waals surface area contributed by atoms with Crippen LogP contribution < -0.4 is 24.0 Å². The van der Waals surface area contributed by atoms with Gasteiger partial charge in [0.2, 0.25) is 23.6 Å². The number of benzene rings is 2. The summed E-state index contributed by atoms with van der Waals surface area (Å²) in [5, 5.41) is 9.98. The maximum Gasteiger partial charge on any atom is 0.421 e. The summed E-state index contributed by atoms with van der Waals surface area (Å²) >= 11 is 5.63. The number of aryl methyl sites for hydroxylation is 2. The number of alkyl halides is 7.